The zero-order chi connectivity index (χ0) is 11.8. The van der Waals surface area contributed by atoms with Gasteiger partial charge in [0.2, 0.25) is 5.95 Å². The molecule has 3 aliphatic heterocycles. The molecule has 1 aromatic rings. The van der Waals surface area contributed by atoms with E-state index in [2.05, 4.69) is 25.4 Å². The van der Waals surface area contributed by atoms with Crippen molar-refractivity contribution in [2.45, 2.75) is 32.7 Å². The highest BCUT2D eigenvalue weighted by Gasteiger charge is 2.34. The number of fused-ring (bicyclic) bond motifs is 3. The number of aromatic nitrogens is 3. The first kappa shape index (κ1) is 10.9. The Kier molecular flexibility index (Phi) is 2.70. The van der Waals surface area contributed by atoms with Crippen LogP contribution in [0, 0.1) is 19.8 Å². The van der Waals surface area contributed by atoms with Crippen LogP contribution in [-0.4, -0.2) is 45.8 Å². The number of nitrogens with zero attached hydrogens (tertiary/aromatic N) is 4. The van der Waals surface area contributed by atoms with E-state index in [1.54, 1.807) is 0 Å². The van der Waals surface area contributed by atoms with Gasteiger partial charge in [-0.25, -0.2) is 4.98 Å². The fraction of sp³-hybridized carbons (Fsp3) is 0.750. The Morgan fingerprint density at radius 2 is 1.88 bits per heavy atom. The Morgan fingerprint density at radius 3 is 2.47 bits per heavy atom. The minimum Gasteiger partial charge on any atom is -0.349 e. The molecule has 4 rings (SSSR count). The lowest BCUT2D eigenvalue weighted by molar-refractivity contribution is 0.0971. The van der Waals surface area contributed by atoms with Crippen molar-refractivity contribution in [1.29, 1.82) is 0 Å². The van der Waals surface area contributed by atoms with Crippen LogP contribution in [0.4, 0.5) is 5.95 Å². The van der Waals surface area contributed by atoms with Crippen molar-refractivity contribution in [2.24, 2.45) is 5.92 Å². The van der Waals surface area contributed by atoms with Crippen molar-refractivity contribution in [3.05, 3.63) is 11.4 Å². The molecular formula is C12H19N5. The Morgan fingerprint density at radius 1 is 1.12 bits per heavy atom. The third-order valence-corrected chi connectivity index (χ3v) is 4.06. The summed E-state index contributed by atoms with van der Waals surface area (Å²) in [6.45, 7) is 7.56. The van der Waals surface area contributed by atoms with Gasteiger partial charge in [0.15, 0.2) is 0 Å². The fourth-order valence-electron chi connectivity index (χ4n) is 2.81. The lowest BCUT2D eigenvalue weighted by Crippen LogP contribution is -2.53. The van der Waals surface area contributed by atoms with E-state index in [0.717, 1.165) is 23.9 Å². The number of aryl methyl sites for hydroxylation is 2. The average Bonchev–Trinajstić information content (AvgIpc) is 2.35. The van der Waals surface area contributed by atoms with Crippen molar-refractivity contribution in [2.75, 3.05) is 25.0 Å². The van der Waals surface area contributed by atoms with Gasteiger partial charge in [0.1, 0.15) is 0 Å². The van der Waals surface area contributed by atoms with E-state index in [1.807, 2.05) is 13.8 Å². The van der Waals surface area contributed by atoms with E-state index in [4.69, 9.17) is 0 Å². The lowest BCUT2D eigenvalue weighted by Gasteiger charge is -2.44. The predicted octanol–water partition coefficient (Wildman–Crippen LogP) is 0.995. The molecule has 1 unspecified atom stereocenters. The summed E-state index contributed by atoms with van der Waals surface area (Å²) in [4.78, 5) is 6.97. The van der Waals surface area contributed by atoms with Gasteiger partial charge in [0.05, 0.1) is 11.4 Å². The first-order chi connectivity index (χ1) is 8.22. The monoisotopic (exact) mass is 233 g/mol. The summed E-state index contributed by atoms with van der Waals surface area (Å²) >= 11 is 0. The Hall–Kier alpha value is -1.23. The van der Waals surface area contributed by atoms with Gasteiger partial charge in [0.25, 0.3) is 0 Å². The standard InChI is InChI=1S/C12H19N5/c1-8-9(2)15-16-12(13-8)14-11-7-17-5-3-10(11)4-6-17/h10-11H,3-7H2,1-2H3,(H,13,14,16). The van der Waals surface area contributed by atoms with Crippen molar-refractivity contribution < 1.29 is 0 Å². The van der Waals surface area contributed by atoms with E-state index in [9.17, 15) is 0 Å². The molecule has 2 bridgehead atoms. The number of anilines is 1. The molecule has 1 atom stereocenters. The highest BCUT2D eigenvalue weighted by molar-refractivity contribution is 5.27. The third-order valence-electron chi connectivity index (χ3n) is 4.06. The van der Waals surface area contributed by atoms with E-state index in [0.29, 0.717) is 12.0 Å². The lowest BCUT2D eigenvalue weighted by atomic mass is 9.84. The SMILES string of the molecule is Cc1nnc(NC2CN3CCC2CC3)nc1C. The molecule has 0 radical (unpaired) electrons. The summed E-state index contributed by atoms with van der Waals surface area (Å²) in [6, 6.07) is 0.501. The van der Waals surface area contributed by atoms with Crippen LogP contribution in [0.5, 0.6) is 0 Å². The molecule has 0 saturated carbocycles. The summed E-state index contributed by atoms with van der Waals surface area (Å²) in [5, 5.41) is 11.7. The van der Waals surface area contributed by atoms with Gasteiger partial charge in [0, 0.05) is 12.6 Å². The van der Waals surface area contributed by atoms with Crippen molar-refractivity contribution >= 4 is 5.95 Å². The largest absolute Gasteiger partial charge is 0.349 e. The Labute approximate surface area is 102 Å². The molecule has 0 aliphatic carbocycles. The third kappa shape index (κ3) is 2.11. The highest BCUT2D eigenvalue weighted by Crippen LogP contribution is 2.28. The second kappa shape index (κ2) is 4.22. The molecule has 1 N–H and O–H groups in total. The zero-order valence-corrected chi connectivity index (χ0v) is 10.5. The van der Waals surface area contributed by atoms with Crippen LogP contribution in [-0.2, 0) is 0 Å². The number of nitrogens with one attached hydrogen (secondary N) is 1. The molecule has 0 aromatic carbocycles. The predicted molar refractivity (Wildman–Crippen MR) is 65.9 cm³/mol. The average molecular weight is 233 g/mol. The summed E-state index contributed by atoms with van der Waals surface area (Å²) in [6.07, 6.45) is 2.60. The van der Waals surface area contributed by atoms with Gasteiger partial charge in [-0.15, -0.1) is 5.10 Å². The van der Waals surface area contributed by atoms with Gasteiger partial charge in [-0.2, -0.15) is 5.10 Å². The van der Waals surface area contributed by atoms with Crippen LogP contribution < -0.4 is 5.32 Å². The Bertz CT molecular complexity index is 411. The topological polar surface area (TPSA) is 53.9 Å². The molecule has 5 heteroatoms. The normalized spacial score (nSPS) is 31.5. The molecule has 3 saturated heterocycles. The summed E-state index contributed by atoms with van der Waals surface area (Å²) in [5.41, 5.74) is 1.87. The van der Waals surface area contributed by atoms with E-state index in [-0.39, 0.29) is 0 Å². The van der Waals surface area contributed by atoms with Gasteiger partial charge >= 0.3 is 0 Å². The Balaban J connectivity index is 1.72. The van der Waals surface area contributed by atoms with E-state index < -0.39 is 0 Å². The van der Waals surface area contributed by atoms with Crippen LogP contribution in [0.25, 0.3) is 0 Å². The summed E-state index contributed by atoms with van der Waals surface area (Å²) in [5.74, 6) is 1.47. The molecule has 0 amide bonds. The number of hydrogen-bond donors (Lipinski definition) is 1. The van der Waals surface area contributed by atoms with Crippen LogP contribution in [0.1, 0.15) is 24.2 Å². The molecule has 4 heterocycles. The maximum atomic E-state index is 4.45. The van der Waals surface area contributed by atoms with Crippen molar-refractivity contribution in [3.63, 3.8) is 0 Å². The van der Waals surface area contributed by atoms with Crippen molar-refractivity contribution in [3.8, 4) is 0 Å². The molecule has 1 aromatic heterocycles. The second-order valence-corrected chi connectivity index (χ2v) is 5.20. The van der Waals surface area contributed by atoms with Crippen LogP contribution >= 0.6 is 0 Å². The molecule has 17 heavy (non-hydrogen) atoms. The number of rotatable bonds is 2. The molecule has 92 valence electrons. The highest BCUT2D eigenvalue weighted by atomic mass is 15.3. The fourth-order valence-corrected chi connectivity index (χ4v) is 2.81. The van der Waals surface area contributed by atoms with Gasteiger partial charge in [-0.05, 0) is 45.7 Å². The second-order valence-electron chi connectivity index (χ2n) is 5.20. The quantitative estimate of drug-likeness (QED) is 0.825. The van der Waals surface area contributed by atoms with Gasteiger partial charge in [-0.1, -0.05) is 0 Å². The number of piperidine rings is 3. The smallest absolute Gasteiger partial charge is 0.243 e. The van der Waals surface area contributed by atoms with Crippen LogP contribution in [0.15, 0.2) is 0 Å². The minimum absolute atomic E-state index is 0.501. The van der Waals surface area contributed by atoms with Crippen LogP contribution in [0.3, 0.4) is 0 Å². The first-order valence-electron chi connectivity index (χ1n) is 6.39. The maximum Gasteiger partial charge on any atom is 0.243 e. The summed E-state index contributed by atoms with van der Waals surface area (Å²) in [7, 11) is 0. The number of hydrogen-bond acceptors (Lipinski definition) is 5. The van der Waals surface area contributed by atoms with E-state index in [1.165, 1.54) is 25.9 Å². The maximum absolute atomic E-state index is 4.45. The zero-order valence-electron chi connectivity index (χ0n) is 10.5. The first-order valence-corrected chi connectivity index (χ1v) is 6.39. The molecule has 5 nitrogen and oxygen atoms in total. The van der Waals surface area contributed by atoms with Gasteiger partial charge < -0.3 is 10.2 Å². The summed E-state index contributed by atoms with van der Waals surface area (Å²) < 4.78 is 0. The van der Waals surface area contributed by atoms with E-state index >= 15 is 0 Å². The van der Waals surface area contributed by atoms with Crippen molar-refractivity contribution in [1.82, 2.24) is 20.1 Å². The van der Waals surface area contributed by atoms with Gasteiger partial charge in [-0.3, -0.25) is 0 Å². The molecule has 3 fully saturated rings. The molecular weight excluding hydrogens is 214 g/mol. The van der Waals surface area contributed by atoms with Crippen LogP contribution in [0.2, 0.25) is 0 Å². The molecule has 3 aliphatic rings. The molecule has 0 spiro atoms. The minimum atomic E-state index is 0.501.